The highest BCUT2D eigenvalue weighted by Crippen LogP contribution is 2.37. The van der Waals surface area contributed by atoms with E-state index in [1.807, 2.05) is 0 Å². The van der Waals surface area contributed by atoms with E-state index in [1.54, 1.807) is 6.07 Å². The predicted molar refractivity (Wildman–Crippen MR) is 110 cm³/mol. The number of rotatable bonds is 5. The Morgan fingerprint density at radius 3 is 2.80 bits per heavy atom. The summed E-state index contributed by atoms with van der Waals surface area (Å²) in [5.74, 6) is -1.19. The zero-order chi connectivity index (χ0) is 21.8. The fourth-order valence-corrected chi connectivity index (χ4v) is 4.38. The van der Waals surface area contributed by atoms with Crippen LogP contribution in [0.15, 0.2) is 30.3 Å². The maximum absolute atomic E-state index is 12.3. The molecule has 2 heterocycles. The first kappa shape index (κ1) is 21.0. The standard InChI is InChI=1S/C19H18N4O6S/c1-29-19(26)22-8-7-13-14(10-22)30-18(16(13)17(20)25)21-15(24)6-5-11-3-2-4-12(9-11)23(27)28/h2-6,9H,7-8,10H2,1H3,(H2,20,25)(H,21,24)/b6-5+. The highest BCUT2D eigenvalue weighted by molar-refractivity contribution is 7.17. The van der Waals surface area contributed by atoms with Crippen molar-refractivity contribution in [3.63, 3.8) is 0 Å². The number of ether oxygens (including phenoxy) is 1. The van der Waals surface area contributed by atoms with E-state index in [1.165, 1.54) is 53.7 Å². The molecule has 0 unspecified atom stereocenters. The van der Waals surface area contributed by atoms with E-state index in [-0.39, 0.29) is 17.8 Å². The molecule has 2 aromatic rings. The molecule has 0 aliphatic carbocycles. The van der Waals surface area contributed by atoms with Crippen molar-refractivity contribution in [2.24, 2.45) is 5.73 Å². The highest BCUT2D eigenvalue weighted by atomic mass is 32.1. The summed E-state index contributed by atoms with van der Waals surface area (Å²) in [5, 5.41) is 13.8. The second-order valence-corrected chi connectivity index (χ2v) is 7.49. The molecular formula is C19H18N4O6S. The van der Waals surface area contributed by atoms with E-state index in [2.05, 4.69) is 5.32 Å². The number of fused-ring (bicyclic) bond motifs is 1. The third kappa shape index (κ3) is 4.46. The van der Waals surface area contributed by atoms with Crippen LogP contribution < -0.4 is 11.1 Å². The lowest BCUT2D eigenvalue weighted by molar-refractivity contribution is -0.384. The van der Waals surface area contributed by atoms with E-state index in [9.17, 15) is 24.5 Å². The number of non-ortho nitro benzene ring substituents is 1. The van der Waals surface area contributed by atoms with Crippen LogP contribution in [0.25, 0.3) is 6.08 Å². The summed E-state index contributed by atoms with van der Waals surface area (Å²) < 4.78 is 4.73. The molecule has 0 spiro atoms. The fourth-order valence-electron chi connectivity index (χ4n) is 3.10. The lowest BCUT2D eigenvalue weighted by atomic mass is 10.0. The number of nitrogens with one attached hydrogen (secondary N) is 1. The van der Waals surface area contributed by atoms with Crippen molar-refractivity contribution in [1.29, 1.82) is 0 Å². The van der Waals surface area contributed by atoms with Gasteiger partial charge < -0.3 is 20.7 Å². The molecule has 0 saturated heterocycles. The molecule has 156 valence electrons. The molecule has 0 saturated carbocycles. The number of hydrogen-bond donors (Lipinski definition) is 2. The minimum Gasteiger partial charge on any atom is -0.453 e. The average molecular weight is 430 g/mol. The Hall–Kier alpha value is -3.73. The number of benzene rings is 1. The number of nitrogens with two attached hydrogens (primary N) is 1. The molecule has 3 amide bonds. The number of carbonyl (C=O) groups excluding carboxylic acids is 3. The predicted octanol–water partition coefficient (Wildman–Crippen LogP) is 2.53. The molecule has 0 radical (unpaired) electrons. The summed E-state index contributed by atoms with van der Waals surface area (Å²) in [6.45, 7) is 0.628. The zero-order valence-corrected chi connectivity index (χ0v) is 16.7. The van der Waals surface area contributed by atoms with Gasteiger partial charge in [0.1, 0.15) is 5.00 Å². The molecule has 1 aliphatic heterocycles. The number of methoxy groups -OCH3 is 1. The highest BCUT2D eigenvalue weighted by Gasteiger charge is 2.29. The van der Waals surface area contributed by atoms with Gasteiger partial charge in [0.15, 0.2) is 0 Å². The largest absolute Gasteiger partial charge is 0.453 e. The Morgan fingerprint density at radius 1 is 1.37 bits per heavy atom. The minimum absolute atomic E-state index is 0.0883. The van der Waals surface area contributed by atoms with Crippen LogP contribution in [-0.4, -0.2) is 41.4 Å². The molecule has 0 atom stereocenters. The van der Waals surface area contributed by atoms with Crippen LogP contribution in [0.4, 0.5) is 15.5 Å². The van der Waals surface area contributed by atoms with Crippen LogP contribution in [0.1, 0.15) is 26.4 Å². The Bertz CT molecular complexity index is 1060. The number of amides is 3. The van der Waals surface area contributed by atoms with E-state index >= 15 is 0 Å². The summed E-state index contributed by atoms with van der Waals surface area (Å²) >= 11 is 1.17. The zero-order valence-electron chi connectivity index (χ0n) is 15.9. The van der Waals surface area contributed by atoms with Crippen molar-refractivity contribution >= 4 is 46.0 Å². The van der Waals surface area contributed by atoms with E-state index in [0.29, 0.717) is 29.1 Å². The van der Waals surface area contributed by atoms with Gasteiger partial charge in [-0.2, -0.15) is 0 Å². The molecule has 3 rings (SSSR count). The second kappa shape index (κ2) is 8.74. The third-order valence-electron chi connectivity index (χ3n) is 4.48. The fraction of sp³-hybridized carbons (Fsp3) is 0.211. The summed E-state index contributed by atoms with van der Waals surface area (Å²) in [6.07, 6.45) is 2.58. The van der Waals surface area contributed by atoms with Gasteiger partial charge in [-0.25, -0.2) is 4.79 Å². The second-order valence-electron chi connectivity index (χ2n) is 6.39. The lowest BCUT2D eigenvalue weighted by Gasteiger charge is -2.25. The molecule has 11 heteroatoms. The Balaban J connectivity index is 1.79. The topological polar surface area (TPSA) is 145 Å². The van der Waals surface area contributed by atoms with Crippen molar-refractivity contribution in [2.45, 2.75) is 13.0 Å². The minimum atomic E-state index is -0.669. The SMILES string of the molecule is COC(=O)N1CCc2c(sc(NC(=O)/C=C/c3cccc([N+](=O)[O-])c3)c2C(N)=O)C1. The number of hydrogen-bond acceptors (Lipinski definition) is 7. The van der Waals surface area contributed by atoms with Crippen molar-refractivity contribution in [1.82, 2.24) is 4.90 Å². The van der Waals surface area contributed by atoms with Crippen LogP contribution in [0, 0.1) is 10.1 Å². The number of thiophene rings is 1. The summed E-state index contributed by atoms with van der Waals surface area (Å²) in [7, 11) is 1.29. The first-order valence-electron chi connectivity index (χ1n) is 8.81. The Kier molecular flexibility index (Phi) is 6.11. The normalized spacial score (nSPS) is 13.0. The van der Waals surface area contributed by atoms with Gasteiger partial charge in [0.05, 0.1) is 24.1 Å². The van der Waals surface area contributed by atoms with Crippen LogP contribution in [0.2, 0.25) is 0 Å². The molecule has 1 aliphatic rings. The first-order valence-corrected chi connectivity index (χ1v) is 9.62. The number of nitro benzene ring substituents is 1. The van der Waals surface area contributed by atoms with Gasteiger partial charge in [-0.15, -0.1) is 11.3 Å². The third-order valence-corrected chi connectivity index (χ3v) is 5.61. The molecule has 30 heavy (non-hydrogen) atoms. The Morgan fingerprint density at radius 2 is 2.13 bits per heavy atom. The van der Waals surface area contributed by atoms with Gasteiger partial charge in [0.2, 0.25) is 5.91 Å². The van der Waals surface area contributed by atoms with Crippen LogP contribution in [-0.2, 0) is 22.5 Å². The summed E-state index contributed by atoms with van der Waals surface area (Å²) in [4.78, 5) is 48.7. The first-order chi connectivity index (χ1) is 14.3. The lowest BCUT2D eigenvalue weighted by Crippen LogP contribution is -2.35. The quantitative estimate of drug-likeness (QED) is 0.424. The summed E-state index contributed by atoms with van der Waals surface area (Å²) in [6, 6.07) is 5.83. The van der Waals surface area contributed by atoms with E-state index < -0.39 is 22.8 Å². The number of carbonyl (C=O) groups is 3. The molecule has 1 aromatic heterocycles. The molecule has 1 aromatic carbocycles. The number of nitro groups is 1. The number of anilines is 1. The Labute approximate surface area is 175 Å². The van der Waals surface area contributed by atoms with Gasteiger partial charge in [0.25, 0.3) is 11.6 Å². The van der Waals surface area contributed by atoms with Gasteiger partial charge in [-0.1, -0.05) is 12.1 Å². The molecule has 0 fully saturated rings. The maximum Gasteiger partial charge on any atom is 0.409 e. The molecular weight excluding hydrogens is 412 g/mol. The molecule has 10 nitrogen and oxygen atoms in total. The van der Waals surface area contributed by atoms with Gasteiger partial charge in [0, 0.05) is 29.6 Å². The van der Waals surface area contributed by atoms with E-state index in [4.69, 9.17) is 10.5 Å². The van der Waals surface area contributed by atoms with Crippen molar-refractivity contribution < 1.29 is 24.0 Å². The van der Waals surface area contributed by atoms with Crippen LogP contribution in [0.3, 0.4) is 0 Å². The van der Waals surface area contributed by atoms with Crippen LogP contribution in [0.5, 0.6) is 0 Å². The van der Waals surface area contributed by atoms with Crippen LogP contribution >= 0.6 is 11.3 Å². The van der Waals surface area contributed by atoms with E-state index in [0.717, 1.165) is 4.88 Å². The van der Waals surface area contributed by atoms with Crippen molar-refractivity contribution in [3.05, 3.63) is 62.0 Å². The number of nitrogens with zero attached hydrogens (tertiary/aromatic N) is 2. The average Bonchev–Trinajstić information content (AvgIpc) is 3.08. The molecule has 0 bridgehead atoms. The van der Waals surface area contributed by atoms with Crippen molar-refractivity contribution in [2.75, 3.05) is 19.0 Å². The smallest absolute Gasteiger partial charge is 0.409 e. The van der Waals surface area contributed by atoms with Gasteiger partial charge in [-0.05, 0) is 23.6 Å². The monoisotopic (exact) mass is 430 g/mol. The summed E-state index contributed by atoms with van der Waals surface area (Å²) in [5.41, 5.74) is 6.86. The molecule has 3 N–H and O–H groups in total. The number of primary amides is 1. The maximum atomic E-state index is 12.3. The van der Waals surface area contributed by atoms with Gasteiger partial charge in [-0.3, -0.25) is 19.7 Å². The van der Waals surface area contributed by atoms with Gasteiger partial charge >= 0.3 is 6.09 Å². The van der Waals surface area contributed by atoms with Crippen molar-refractivity contribution in [3.8, 4) is 0 Å².